The third-order valence-electron chi connectivity index (χ3n) is 7.82. The zero-order valence-electron chi connectivity index (χ0n) is 27.8. The van der Waals surface area contributed by atoms with Crippen LogP contribution in [0.2, 0.25) is 0 Å². The maximum absolute atomic E-state index is 12.9. The molecule has 11 nitrogen and oxygen atoms in total. The number of amides is 3. The first-order chi connectivity index (χ1) is 22.8. The topological polar surface area (TPSA) is 157 Å². The van der Waals surface area contributed by atoms with Gasteiger partial charge in [0.2, 0.25) is 17.7 Å². The Morgan fingerprint density at radius 1 is 0.681 bits per heavy atom. The summed E-state index contributed by atoms with van der Waals surface area (Å²) in [7, 11) is 0. The molecule has 0 aliphatic heterocycles. The van der Waals surface area contributed by atoms with E-state index in [1.807, 2.05) is 6.07 Å². The fourth-order valence-corrected chi connectivity index (χ4v) is 5.10. The van der Waals surface area contributed by atoms with Crippen LogP contribution in [0.25, 0.3) is 0 Å². The SMILES string of the molecule is CCCCCCCCCCCCCCCCC(=O)NCC(=O)NCC(=O)N[C@@H](Cc1ccccc1)C(=O)Oc1ccc([N+](=O)[O-])cc1. The number of non-ortho nitro benzene ring substituents is 1. The van der Waals surface area contributed by atoms with Gasteiger partial charge in [-0.2, -0.15) is 0 Å². The highest BCUT2D eigenvalue weighted by molar-refractivity contribution is 5.90. The average molecular weight is 653 g/mol. The van der Waals surface area contributed by atoms with E-state index in [1.165, 1.54) is 94.9 Å². The van der Waals surface area contributed by atoms with Crippen molar-refractivity contribution in [2.75, 3.05) is 13.1 Å². The second kappa shape index (κ2) is 24.0. The van der Waals surface area contributed by atoms with Gasteiger partial charge in [-0.05, 0) is 24.1 Å². The lowest BCUT2D eigenvalue weighted by atomic mass is 10.0. The van der Waals surface area contributed by atoms with Gasteiger partial charge in [0, 0.05) is 25.0 Å². The zero-order valence-corrected chi connectivity index (χ0v) is 27.8. The van der Waals surface area contributed by atoms with Crippen molar-refractivity contribution in [1.29, 1.82) is 0 Å². The summed E-state index contributed by atoms with van der Waals surface area (Å²) in [6.45, 7) is 1.59. The third kappa shape index (κ3) is 18.5. The van der Waals surface area contributed by atoms with Gasteiger partial charge in [0.25, 0.3) is 5.69 Å². The second-order valence-corrected chi connectivity index (χ2v) is 11.9. The van der Waals surface area contributed by atoms with Crippen LogP contribution < -0.4 is 20.7 Å². The highest BCUT2D eigenvalue weighted by Gasteiger charge is 2.24. The third-order valence-corrected chi connectivity index (χ3v) is 7.82. The van der Waals surface area contributed by atoms with E-state index in [0.717, 1.165) is 24.8 Å². The first-order valence-corrected chi connectivity index (χ1v) is 17.1. The van der Waals surface area contributed by atoms with Gasteiger partial charge in [0.1, 0.15) is 11.8 Å². The van der Waals surface area contributed by atoms with Gasteiger partial charge in [-0.3, -0.25) is 24.5 Å². The molecule has 0 unspecified atom stereocenters. The Hall–Kier alpha value is -4.28. The Labute approximate surface area is 278 Å². The molecule has 0 heterocycles. The van der Waals surface area contributed by atoms with Crippen LogP contribution in [0.5, 0.6) is 5.75 Å². The minimum absolute atomic E-state index is 0.0889. The maximum atomic E-state index is 12.9. The fourth-order valence-electron chi connectivity index (χ4n) is 5.10. The molecule has 11 heteroatoms. The number of hydrogen-bond donors (Lipinski definition) is 3. The molecule has 2 aromatic carbocycles. The number of nitro benzene ring substituents is 1. The molecule has 2 aromatic rings. The van der Waals surface area contributed by atoms with Crippen molar-refractivity contribution < 1.29 is 28.8 Å². The number of carbonyl (C=O) groups excluding carboxylic acids is 4. The van der Waals surface area contributed by atoms with E-state index in [0.29, 0.717) is 6.42 Å². The van der Waals surface area contributed by atoms with Crippen molar-refractivity contribution in [3.05, 3.63) is 70.3 Å². The summed E-state index contributed by atoms with van der Waals surface area (Å²) in [6, 6.07) is 12.9. The van der Waals surface area contributed by atoms with Gasteiger partial charge in [0.15, 0.2) is 0 Å². The van der Waals surface area contributed by atoms with Crippen molar-refractivity contribution in [1.82, 2.24) is 16.0 Å². The number of esters is 1. The molecule has 47 heavy (non-hydrogen) atoms. The fraction of sp³-hybridized carbons (Fsp3) is 0.556. The average Bonchev–Trinajstić information content (AvgIpc) is 3.07. The summed E-state index contributed by atoms with van der Waals surface area (Å²) in [5.41, 5.74) is 0.615. The number of carbonyl (C=O) groups is 4. The molecule has 0 aliphatic carbocycles. The number of hydrogen-bond acceptors (Lipinski definition) is 7. The van der Waals surface area contributed by atoms with E-state index >= 15 is 0 Å². The Bertz CT molecular complexity index is 1220. The highest BCUT2D eigenvalue weighted by Crippen LogP contribution is 2.18. The molecule has 3 amide bonds. The van der Waals surface area contributed by atoms with Crippen molar-refractivity contribution in [3.8, 4) is 5.75 Å². The van der Waals surface area contributed by atoms with Gasteiger partial charge >= 0.3 is 5.97 Å². The summed E-state index contributed by atoms with van der Waals surface area (Å²) in [5.74, 6) is -2.03. The van der Waals surface area contributed by atoms with Gasteiger partial charge in [-0.15, -0.1) is 0 Å². The minimum Gasteiger partial charge on any atom is -0.425 e. The van der Waals surface area contributed by atoms with Crippen LogP contribution in [-0.2, 0) is 25.6 Å². The van der Waals surface area contributed by atoms with E-state index in [4.69, 9.17) is 4.74 Å². The number of unbranched alkanes of at least 4 members (excludes halogenated alkanes) is 13. The largest absolute Gasteiger partial charge is 0.425 e. The molecular weight excluding hydrogens is 600 g/mol. The molecule has 0 bridgehead atoms. The van der Waals surface area contributed by atoms with Gasteiger partial charge in [-0.25, -0.2) is 4.79 Å². The molecule has 0 fully saturated rings. The number of nitro groups is 1. The lowest BCUT2D eigenvalue weighted by Gasteiger charge is -2.18. The second-order valence-electron chi connectivity index (χ2n) is 11.9. The molecule has 0 radical (unpaired) electrons. The van der Waals surface area contributed by atoms with Crippen LogP contribution in [-0.4, -0.2) is 47.7 Å². The van der Waals surface area contributed by atoms with E-state index in [9.17, 15) is 29.3 Å². The number of rotatable bonds is 25. The predicted octanol–water partition coefficient (Wildman–Crippen LogP) is 6.33. The molecule has 0 spiro atoms. The summed E-state index contributed by atoms with van der Waals surface area (Å²) < 4.78 is 5.35. The van der Waals surface area contributed by atoms with Crippen molar-refractivity contribution in [3.63, 3.8) is 0 Å². The van der Waals surface area contributed by atoms with Gasteiger partial charge < -0.3 is 20.7 Å². The van der Waals surface area contributed by atoms with Crippen LogP contribution in [0.1, 0.15) is 109 Å². The molecule has 3 N–H and O–H groups in total. The number of benzene rings is 2. The smallest absolute Gasteiger partial charge is 0.334 e. The summed E-state index contributed by atoms with van der Waals surface area (Å²) in [5, 5.41) is 18.5. The molecular formula is C36H52N4O7. The molecule has 1 atom stereocenters. The van der Waals surface area contributed by atoms with Crippen molar-refractivity contribution in [2.45, 2.75) is 116 Å². The summed E-state index contributed by atoms with van der Waals surface area (Å²) in [6.07, 6.45) is 17.8. The van der Waals surface area contributed by atoms with Crippen LogP contribution in [0.4, 0.5) is 5.69 Å². The van der Waals surface area contributed by atoms with E-state index in [2.05, 4.69) is 22.9 Å². The lowest BCUT2D eigenvalue weighted by Crippen LogP contribution is -2.49. The molecule has 0 aliphatic rings. The Kier molecular flexibility index (Phi) is 19.8. The highest BCUT2D eigenvalue weighted by atomic mass is 16.6. The first-order valence-electron chi connectivity index (χ1n) is 17.1. The normalized spacial score (nSPS) is 11.3. The van der Waals surface area contributed by atoms with Crippen molar-refractivity contribution in [2.24, 2.45) is 0 Å². The molecule has 2 rings (SSSR count). The van der Waals surface area contributed by atoms with Gasteiger partial charge in [0.05, 0.1) is 18.0 Å². The maximum Gasteiger partial charge on any atom is 0.334 e. The molecule has 0 saturated heterocycles. The van der Waals surface area contributed by atoms with Crippen LogP contribution in [0.3, 0.4) is 0 Å². The zero-order chi connectivity index (χ0) is 34.1. The van der Waals surface area contributed by atoms with Crippen LogP contribution in [0.15, 0.2) is 54.6 Å². The van der Waals surface area contributed by atoms with Gasteiger partial charge in [-0.1, -0.05) is 121 Å². The van der Waals surface area contributed by atoms with Crippen LogP contribution >= 0.6 is 0 Å². The summed E-state index contributed by atoms with van der Waals surface area (Å²) >= 11 is 0. The minimum atomic E-state index is -1.08. The van der Waals surface area contributed by atoms with E-state index in [1.54, 1.807) is 24.3 Å². The Morgan fingerprint density at radius 3 is 1.74 bits per heavy atom. The predicted molar refractivity (Wildman–Crippen MR) is 182 cm³/mol. The Morgan fingerprint density at radius 2 is 1.19 bits per heavy atom. The van der Waals surface area contributed by atoms with E-state index in [-0.39, 0.29) is 30.3 Å². The number of ether oxygens (including phenoxy) is 1. The number of nitrogens with zero attached hydrogens (tertiary/aromatic N) is 1. The molecule has 258 valence electrons. The monoisotopic (exact) mass is 652 g/mol. The number of nitrogens with one attached hydrogen (secondary N) is 3. The standard InChI is InChI=1S/C36H52N4O7/c1-2-3-4-5-6-7-8-9-10-11-12-13-14-18-21-33(41)37-27-34(42)38-28-35(43)39-32(26-29-19-16-15-17-20-29)36(44)47-31-24-22-30(23-25-31)40(45)46/h15-17,19-20,22-25,32H,2-14,18,21,26-28H2,1H3,(H,37,41)(H,38,42)(H,39,43)/t32-/m0/s1. The first kappa shape index (κ1) is 38.9. The quantitative estimate of drug-likeness (QED) is 0.0372. The van der Waals surface area contributed by atoms with E-state index < -0.39 is 35.3 Å². The van der Waals surface area contributed by atoms with Crippen LogP contribution in [0, 0.1) is 10.1 Å². The Balaban J connectivity index is 1.61. The molecule has 0 saturated carbocycles. The molecule has 0 aromatic heterocycles. The van der Waals surface area contributed by atoms with Crippen molar-refractivity contribution >= 4 is 29.4 Å². The lowest BCUT2D eigenvalue weighted by molar-refractivity contribution is -0.384. The summed E-state index contributed by atoms with van der Waals surface area (Å²) in [4.78, 5) is 60.3.